The van der Waals surface area contributed by atoms with Gasteiger partial charge in [-0.3, -0.25) is 9.59 Å². The van der Waals surface area contributed by atoms with Crippen molar-refractivity contribution in [3.63, 3.8) is 0 Å². The molecule has 0 unspecified atom stereocenters. The number of hydrogen-bond acceptors (Lipinski definition) is 3. The molecule has 0 aromatic heterocycles. The molecule has 0 radical (unpaired) electrons. The van der Waals surface area contributed by atoms with Crippen LogP contribution in [0.2, 0.25) is 0 Å². The minimum atomic E-state index is -0.574. The third-order valence-corrected chi connectivity index (χ3v) is 8.20. The Morgan fingerprint density at radius 3 is 2.27 bits per heavy atom. The minimum Gasteiger partial charge on any atom is -0.352 e. The smallest absolute Gasteiger partial charge is 0.243 e. The van der Waals surface area contributed by atoms with Gasteiger partial charge in [-0.05, 0) is 55.5 Å². The van der Waals surface area contributed by atoms with Crippen molar-refractivity contribution in [3.8, 4) is 0 Å². The Bertz CT molecular complexity index is 1160. The molecule has 1 fully saturated rings. The van der Waals surface area contributed by atoms with E-state index in [1.807, 2.05) is 47.4 Å². The lowest BCUT2D eigenvalue weighted by Gasteiger charge is -2.33. The number of carbonyl (C=O) groups is 2. The fraction of sp³-hybridized carbons (Fsp3) is 0.375. The van der Waals surface area contributed by atoms with E-state index in [2.05, 4.69) is 55.6 Å². The Morgan fingerprint density at radius 1 is 0.892 bits per heavy atom. The van der Waals surface area contributed by atoms with E-state index < -0.39 is 6.04 Å². The highest BCUT2D eigenvalue weighted by Gasteiger charge is 2.32. The maximum Gasteiger partial charge on any atom is 0.243 e. The van der Waals surface area contributed by atoms with Crippen LogP contribution in [0.15, 0.2) is 83.8 Å². The van der Waals surface area contributed by atoms with Crippen LogP contribution in [0.1, 0.15) is 54.4 Å². The highest BCUT2D eigenvalue weighted by molar-refractivity contribution is 8.00. The van der Waals surface area contributed by atoms with Gasteiger partial charge in [0.1, 0.15) is 6.04 Å². The van der Waals surface area contributed by atoms with Gasteiger partial charge in [0, 0.05) is 23.9 Å². The van der Waals surface area contributed by atoms with Gasteiger partial charge >= 0.3 is 0 Å². The number of amides is 2. The second-order valence-corrected chi connectivity index (χ2v) is 11.1. The van der Waals surface area contributed by atoms with E-state index >= 15 is 0 Å². The second-order valence-electron chi connectivity index (χ2n) is 10.1. The highest BCUT2D eigenvalue weighted by Crippen LogP contribution is 2.23. The van der Waals surface area contributed by atoms with Crippen molar-refractivity contribution in [3.05, 3.63) is 101 Å². The lowest BCUT2D eigenvalue weighted by Crippen LogP contribution is -2.53. The molecular weight excluding hydrogens is 476 g/mol. The molecule has 0 aliphatic heterocycles. The van der Waals surface area contributed by atoms with Crippen LogP contribution < -0.4 is 5.32 Å². The van der Waals surface area contributed by atoms with Gasteiger partial charge in [-0.25, -0.2) is 0 Å². The summed E-state index contributed by atoms with van der Waals surface area (Å²) in [6, 6.07) is 26.0. The van der Waals surface area contributed by atoms with Crippen LogP contribution in [-0.2, 0) is 22.6 Å². The van der Waals surface area contributed by atoms with Crippen molar-refractivity contribution in [1.82, 2.24) is 10.2 Å². The monoisotopic (exact) mass is 514 g/mol. The summed E-state index contributed by atoms with van der Waals surface area (Å²) in [5, 5.41) is 3.32. The van der Waals surface area contributed by atoms with Crippen LogP contribution in [0.5, 0.6) is 0 Å². The lowest BCUT2D eigenvalue weighted by atomic mass is 9.94. The van der Waals surface area contributed by atoms with Gasteiger partial charge in [-0.1, -0.05) is 91.6 Å². The van der Waals surface area contributed by atoms with E-state index in [1.54, 1.807) is 0 Å². The third-order valence-electron chi connectivity index (χ3n) is 7.21. The molecule has 3 aromatic carbocycles. The van der Waals surface area contributed by atoms with E-state index in [4.69, 9.17) is 0 Å². The Labute approximate surface area is 225 Å². The fourth-order valence-corrected chi connectivity index (χ4v) is 5.72. The molecule has 5 heteroatoms. The van der Waals surface area contributed by atoms with Gasteiger partial charge < -0.3 is 10.2 Å². The maximum atomic E-state index is 13.9. The summed E-state index contributed by atoms with van der Waals surface area (Å²) in [4.78, 5) is 30.6. The van der Waals surface area contributed by atoms with Crippen LogP contribution in [0.3, 0.4) is 0 Å². The number of carbonyl (C=O) groups excluding carboxylic acids is 2. The first-order valence-electron chi connectivity index (χ1n) is 13.4. The largest absolute Gasteiger partial charge is 0.352 e. The Morgan fingerprint density at radius 2 is 1.57 bits per heavy atom. The summed E-state index contributed by atoms with van der Waals surface area (Å²) < 4.78 is 0. The number of aryl methyl sites for hydroxylation is 2. The molecule has 37 heavy (non-hydrogen) atoms. The number of hydrogen-bond donors (Lipinski definition) is 1. The molecule has 1 saturated carbocycles. The topological polar surface area (TPSA) is 49.4 Å². The molecule has 1 N–H and O–H groups in total. The molecule has 1 aliphatic rings. The highest BCUT2D eigenvalue weighted by atomic mass is 32.2. The molecule has 0 saturated heterocycles. The Balaban J connectivity index is 1.61. The first-order valence-corrected chi connectivity index (χ1v) is 14.4. The van der Waals surface area contributed by atoms with Gasteiger partial charge in [0.15, 0.2) is 0 Å². The van der Waals surface area contributed by atoms with E-state index in [0.717, 1.165) is 47.3 Å². The number of rotatable bonds is 10. The summed E-state index contributed by atoms with van der Waals surface area (Å²) >= 11 is 1.53. The standard InChI is InChI=1S/C32H38N2O2S/c1-24-17-19-29(20-18-24)37-23-31(35)34(22-27-14-10-9-11-25(27)2)30(21-26-12-5-3-6-13-26)32(36)33-28-15-7-4-8-16-28/h3,5-6,9-14,17-20,28,30H,4,7-8,15-16,21-23H2,1-2H3,(H,33,36)/t30-/m1/s1. The summed E-state index contributed by atoms with van der Waals surface area (Å²) in [5.74, 6) is 0.225. The lowest BCUT2D eigenvalue weighted by molar-refractivity contribution is -0.139. The average molecular weight is 515 g/mol. The van der Waals surface area contributed by atoms with Crippen LogP contribution in [0.25, 0.3) is 0 Å². The van der Waals surface area contributed by atoms with Gasteiger partial charge in [0.05, 0.1) is 5.75 Å². The van der Waals surface area contributed by atoms with Crippen molar-refractivity contribution in [2.24, 2.45) is 0 Å². The van der Waals surface area contributed by atoms with Crippen LogP contribution in [0.4, 0.5) is 0 Å². The minimum absolute atomic E-state index is 0.0199. The van der Waals surface area contributed by atoms with Crippen molar-refractivity contribution < 1.29 is 9.59 Å². The summed E-state index contributed by atoms with van der Waals surface area (Å²) in [6.45, 7) is 4.53. The molecule has 194 valence electrons. The third kappa shape index (κ3) is 7.96. The van der Waals surface area contributed by atoms with Crippen molar-refractivity contribution >= 4 is 23.6 Å². The van der Waals surface area contributed by atoms with Crippen molar-refractivity contribution in [2.45, 2.75) is 75.9 Å². The molecule has 3 aromatic rings. The zero-order chi connectivity index (χ0) is 26.0. The Kier molecular flexibility index (Phi) is 9.84. The summed E-state index contributed by atoms with van der Waals surface area (Å²) in [6.07, 6.45) is 6.04. The molecule has 1 atom stereocenters. The predicted molar refractivity (Wildman–Crippen MR) is 153 cm³/mol. The van der Waals surface area contributed by atoms with E-state index in [1.165, 1.54) is 23.7 Å². The molecule has 0 bridgehead atoms. The zero-order valence-corrected chi connectivity index (χ0v) is 22.8. The number of thioether (sulfide) groups is 1. The first kappa shape index (κ1) is 27.0. The molecule has 0 heterocycles. The molecule has 4 rings (SSSR count). The number of nitrogens with one attached hydrogen (secondary N) is 1. The molecule has 2 amide bonds. The number of nitrogens with zero attached hydrogens (tertiary/aromatic N) is 1. The normalized spacial score (nSPS) is 14.6. The zero-order valence-electron chi connectivity index (χ0n) is 22.0. The van der Waals surface area contributed by atoms with E-state index in [-0.39, 0.29) is 23.6 Å². The predicted octanol–water partition coefficient (Wildman–Crippen LogP) is 6.48. The van der Waals surface area contributed by atoms with Gasteiger partial charge in [-0.15, -0.1) is 11.8 Å². The maximum absolute atomic E-state index is 13.9. The van der Waals surface area contributed by atoms with Gasteiger partial charge in [-0.2, -0.15) is 0 Å². The Hall–Kier alpha value is -3.05. The molecule has 0 spiro atoms. The van der Waals surface area contributed by atoms with E-state index in [9.17, 15) is 9.59 Å². The molecule has 4 nitrogen and oxygen atoms in total. The van der Waals surface area contributed by atoms with Gasteiger partial charge in [0.25, 0.3) is 0 Å². The van der Waals surface area contributed by atoms with Crippen LogP contribution in [-0.4, -0.2) is 34.6 Å². The van der Waals surface area contributed by atoms with Crippen molar-refractivity contribution in [2.75, 3.05) is 5.75 Å². The first-order chi connectivity index (χ1) is 18.0. The molecule has 1 aliphatic carbocycles. The van der Waals surface area contributed by atoms with Crippen molar-refractivity contribution in [1.29, 1.82) is 0 Å². The van der Waals surface area contributed by atoms with Crippen LogP contribution in [0, 0.1) is 13.8 Å². The fourth-order valence-electron chi connectivity index (χ4n) is 4.93. The number of benzene rings is 3. The van der Waals surface area contributed by atoms with Gasteiger partial charge in [0.2, 0.25) is 11.8 Å². The summed E-state index contributed by atoms with van der Waals surface area (Å²) in [7, 11) is 0. The second kappa shape index (κ2) is 13.5. The molecular formula is C32H38N2O2S. The van der Waals surface area contributed by atoms with E-state index in [0.29, 0.717) is 13.0 Å². The SMILES string of the molecule is Cc1ccc(SCC(=O)N(Cc2ccccc2C)[C@H](Cc2ccccc2)C(=O)NC2CCCCC2)cc1. The average Bonchev–Trinajstić information content (AvgIpc) is 2.92. The summed E-state index contributed by atoms with van der Waals surface area (Å²) in [5.41, 5.74) is 4.44. The van der Waals surface area contributed by atoms with Crippen LogP contribution >= 0.6 is 11.8 Å². The quantitative estimate of drug-likeness (QED) is 0.315.